The maximum absolute atomic E-state index is 12.3. The molecule has 2 N–H and O–H groups in total. The fourth-order valence-corrected chi connectivity index (χ4v) is 2.61. The third kappa shape index (κ3) is 2.68. The normalized spacial score (nSPS) is 10.6. The maximum atomic E-state index is 12.3. The van der Waals surface area contributed by atoms with Crippen LogP contribution >= 0.6 is 0 Å². The number of carbonyl (C=O) groups is 1. The highest BCUT2D eigenvalue weighted by atomic mass is 16.5. The third-order valence-corrected chi connectivity index (χ3v) is 3.71. The molecule has 0 saturated heterocycles. The number of rotatable bonds is 4. The molecule has 3 aromatic rings. The number of aromatic nitrogens is 1. The lowest BCUT2D eigenvalue weighted by Gasteiger charge is -2.11. The van der Waals surface area contributed by atoms with Gasteiger partial charge in [0.15, 0.2) is 0 Å². The summed E-state index contributed by atoms with van der Waals surface area (Å²) in [5.74, 6) is 0.694. The molecule has 0 aliphatic carbocycles. The first-order valence-electron chi connectivity index (χ1n) is 7.17. The minimum absolute atomic E-state index is 0.125. The molecule has 22 heavy (non-hydrogen) atoms. The first-order valence-corrected chi connectivity index (χ1v) is 7.17. The molecule has 0 fully saturated rings. The van der Waals surface area contributed by atoms with Crippen molar-refractivity contribution in [2.45, 2.75) is 13.5 Å². The largest absolute Gasteiger partial charge is 0.496 e. The summed E-state index contributed by atoms with van der Waals surface area (Å²) in [5, 5.41) is 3.96. The van der Waals surface area contributed by atoms with Crippen molar-refractivity contribution in [2.75, 3.05) is 7.11 Å². The zero-order valence-corrected chi connectivity index (χ0v) is 12.6. The van der Waals surface area contributed by atoms with Crippen LogP contribution in [0.3, 0.4) is 0 Å². The Balaban J connectivity index is 1.76. The Labute approximate surface area is 129 Å². The van der Waals surface area contributed by atoms with E-state index >= 15 is 0 Å². The van der Waals surface area contributed by atoms with E-state index in [0.29, 0.717) is 12.2 Å². The van der Waals surface area contributed by atoms with Gasteiger partial charge >= 0.3 is 0 Å². The zero-order chi connectivity index (χ0) is 15.5. The molecular formula is C18H18N2O2. The number of H-pyrrole nitrogens is 1. The first kappa shape index (κ1) is 14.2. The van der Waals surface area contributed by atoms with Crippen molar-refractivity contribution < 1.29 is 9.53 Å². The van der Waals surface area contributed by atoms with Crippen molar-refractivity contribution >= 4 is 16.8 Å². The Morgan fingerprint density at radius 3 is 2.77 bits per heavy atom. The lowest BCUT2D eigenvalue weighted by atomic mass is 10.1. The number of carbonyl (C=O) groups excluding carboxylic acids is 1. The molecule has 0 saturated carbocycles. The van der Waals surface area contributed by atoms with Crippen LogP contribution in [0.25, 0.3) is 10.9 Å². The van der Waals surface area contributed by atoms with Gasteiger partial charge in [0.05, 0.1) is 7.11 Å². The summed E-state index contributed by atoms with van der Waals surface area (Å²) in [7, 11) is 1.64. The van der Waals surface area contributed by atoms with Crippen LogP contribution in [-0.2, 0) is 6.54 Å². The summed E-state index contributed by atoms with van der Waals surface area (Å²) < 4.78 is 5.40. The second kappa shape index (κ2) is 5.93. The highest BCUT2D eigenvalue weighted by Crippen LogP contribution is 2.22. The predicted octanol–water partition coefficient (Wildman–Crippen LogP) is 3.41. The molecule has 0 radical (unpaired) electrons. The molecule has 4 heteroatoms. The molecule has 112 valence electrons. The number of benzene rings is 2. The number of ether oxygens (including phenoxy) is 1. The standard InChI is InChI=1S/C18H18N2O2/c1-12-6-5-8-14(17(12)22-2)11-19-18(21)16-10-13-7-3-4-9-15(13)20-16/h3-10,20H,11H2,1-2H3,(H,19,21). The van der Waals surface area contributed by atoms with E-state index in [4.69, 9.17) is 4.74 Å². The number of methoxy groups -OCH3 is 1. The van der Waals surface area contributed by atoms with Gasteiger partial charge in [-0.2, -0.15) is 0 Å². The van der Waals surface area contributed by atoms with E-state index in [-0.39, 0.29) is 5.91 Å². The Morgan fingerprint density at radius 1 is 1.18 bits per heavy atom. The molecule has 1 aromatic heterocycles. The van der Waals surface area contributed by atoms with Crippen molar-refractivity contribution in [1.29, 1.82) is 0 Å². The molecule has 1 amide bonds. The van der Waals surface area contributed by atoms with E-state index in [1.807, 2.05) is 55.5 Å². The summed E-state index contributed by atoms with van der Waals surface area (Å²) in [6.45, 7) is 2.42. The third-order valence-electron chi connectivity index (χ3n) is 3.71. The van der Waals surface area contributed by atoms with Crippen molar-refractivity contribution in [2.24, 2.45) is 0 Å². The zero-order valence-electron chi connectivity index (χ0n) is 12.6. The van der Waals surface area contributed by atoms with Gasteiger partial charge in [0, 0.05) is 23.0 Å². The highest BCUT2D eigenvalue weighted by molar-refractivity contribution is 5.97. The van der Waals surface area contributed by atoms with E-state index in [1.165, 1.54) is 0 Å². The Hall–Kier alpha value is -2.75. The molecule has 0 aliphatic heterocycles. The molecule has 0 aliphatic rings. The Kier molecular flexibility index (Phi) is 3.83. The molecule has 0 atom stereocenters. The molecule has 0 spiro atoms. The van der Waals surface area contributed by atoms with Crippen LogP contribution in [-0.4, -0.2) is 18.0 Å². The molecule has 2 aromatic carbocycles. The van der Waals surface area contributed by atoms with Crippen LogP contribution in [0.15, 0.2) is 48.5 Å². The number of aryl methyl sites for hydroxylation is 1. The van der Waals surface area contributed by atoms with Crippen LogP contribution < -0.4 is 10.1 Å². The summed E-state index contributed by atoms with van der Waals surface area (Å²) in [4.78, 5) is 15.4. The van der Waals surface area contributed by atoms with E-state index in [0.717, 1.165) is 27.8 Å². The first-order chi connectivity index (χ1) is 10.7. The number of hydrogen-bond acceptors (Lipinski definition) is 2. The fraction of sp³-hybridized carbons (Fsp3) is 0.167. The highest BCUT2D eigenvalue weighted by Gasteiger charge is 2.11. The smallest absolute Gasteiger partial charge is 0.267 e. The second-order valence-corrected chi connectivity index (χ2v) is 5.22. The molecule has 3 rings (SSSR count). The molecular weight excluding hydrogens is 276 g/mol. The average molecular weight is 294 g/mol. The lowest BCUT2D eigenvalue weighted by Crippen LogP contribution is -2.23. The van der Waals surface area contributed by atoms with Gasteiger partial charge in [-0.15, -0.1) is 0 Å². The second-order valence-electron chi connectivity index (χ2n) is 5.22. The van der Waals surface area contributed by atoms with Gasteiger partial charge < -0.3 is 15.0 Å². The minimum atomic E-state index is -0.125. The maximum Gasteiger partial charge on any atom is 0.267 e. The molecule has 0 unspecified atom stereocenters. The monoisotopic (exact) mass is 294 g/mol. The van der Waals surface area contributed by atoms with E-state index < -0.39 is 0 Å². The van der Waals surface area contributed by atoms with Gasteiger partial charge in [-0.25, -0.2) is 0 Å². The van der Waals surface area contributed by atoms with Gasteiger partial charge in [-0.1, -0.05) is 36.4 Å². The molecule has 1 heterocycles. The summed E-state index contributed by atoms with van der Waals surface area (Å²) in [6, 6.07) is 15.6. The average Bonchev–Trinajstić information content (AvgIpc) is 2.96. The van der Waals surface area contributed by atoms with Crippen LogP contribution in [0.1, 0.15) is 21.6 Å². The van der Waals surface area contributed by atoms with Crippen molar-refractivity contribution in [3.8, 4) is 5.75 Å². The SMILES string of the molecule is COc1c(C)cccc1CNC(=O)c1cc2ccccc2[nH]1. The van der Waals surface area contributed by atoms with Gasteiger partial charge in [-0.3, -0.25) is 4.79 Å². The van der Waals surface area contributed by atoms with Crippen molar-refractivity contribution in [3.63, 3.8) is 0 Å². The topological polar surface area (TPSA) is 54.1 Å². The number of fused-ring (bicyclic) bond motifs is 1. The Morgan fingerprint density at radius 2 is 2.00 bits per heavy atom. The lowest BCUT2D eigenvalue weighted by molar-refractivity contribution is 0.0946. The van der Waals surface area contributed by atoms with Crippen LogP contribution in [0.5, 0.6) is 5.75 Å². The van der Waals surface area contributed by atoms with Gasteiger partial charge in [-0.05, 0) is 24.6 Å². The number of hydrogen-bond donors (Lipinski definition) is 2. The van der Waals surface area contributed by atoms with Crippen LogP contribution in [0.4, 0.5) is 0 Å². The quantitative estimate of drug-likeness (QED) is 0.774. The van der Waals surface area contributed by atoms with Gasteiger partial charge in [0.2, 0.25) is 0 Å². The van der Waals surface area contributed by atoms with Gasteiger partial charge in [0.1, 0.15) is 11.4 Å². The number of amides is 1. The number of para-hydroxylation sites is 2. The summed E-state index contributed by atoms with van der Waals surface area (Å²) in [6.07, 6.45) is 0. The minimum Gasteiger partial charge on any atom is -0.496 e. The molecule has 4 nitrogen and oxygen atoms in total. The van der Waals surface area contributed by atoms with E-state index in [1.54, 1.807) is 7.11 Å². The Bertz CT molecular complexity index is 788. The number of aromatic amines is 1. The molecule has 0 bridgehead atoms. The fourth-order valence-electron chi connectivity index (χ4n) is 2.61. The van der Waals surface area contributed by atoms with Crippen molar-refractivity contribution in [1.82, 2.24) is 10.3 Å². The van der Waals surface area contributed by atoms with Crippen molar-refractivity contribution in [3.05, 3.63) is 65.4 Å². The van der Waals surface area contributed by atoms with Gasteiger partial charge in [0.25, 0.3) is 5.91 Å². The van der Waals surface area contributed by atoms with Crippen LogP contribution in [0, 0.1) is 6.92 Å². The van der Waals surface area contributed by atoms with Crippen LogP contribution in [0.2, 0.25) is 0 Å². The van der Waals surface area contributed by atoms with E-state index in [2.05, 4.69) is 10.3 Å². The summed E-state index contributed by atoms with van der Waals surface area (Å²) >= 11 is 0. The number of nitrogens with one attached hydrogen (secondary N) is 2. The predicted molar refractivity (Wildman–Crippen MR) is 87.2 cm³/mol. The van der Waals surface area contributed by atoms with E-state index in [9.17, 15) is 4.79 Å². The summed E-state index contributed by atoms with van der Waals surface area (Å²) in [5.41, 5.74) is 3.54.